The third-order valence-corrected chi connectivity index (χ3v) is 7.77. The second kappa shape index (κ2) is 7.06. The molecule has 0 aliphatic carbocycles. The van der Waals surface area contributed by atoms with Gasteiger partial charge in [-0.15, -0.1) is 11.3 Å². The van der Waals surface area contributed by atoms with E-state index in [-0.39, 0.29) is 0 Å². The molecule has 1 nitrogen and oxygen atoms in total. The van der Waals surface area contributed by atoms with Crippen molar-refractivity contribution in [2.75, 3.05) is 0 Å². The number of aromatic nitrogens is 1. The Morgan fingerprint density at radius 2 is 1.24 bits per heavy atom. The molecule has 0 radical (unpaired) electrons. The van der Waals surface area contributed by atoms with Gasteiger partial charge in [0.15, 0.2) is 0 Å². The number of benzene rings is 5. The highest BCUT2D eigenvalue weighted by Gasteiger charge is 2.14. The Hall–Kier alpha value is -3.88. The number of aryl methyl sites for hydroxylation is 1. The van der Waals surface area contributed by atoms with Gasteiger partial charge in [-0.05, 0) is 60.0 Å². The topological polar surface area (TPSA) is 4.93 Å². The fourth-order valence-corrected chi connectivity index (χ4v) is 6.31. The van der Waals surface area contributed by atoms with Crippen LogP contribution in [0.1, 0.15) is 5.56 Å². The molecule has 7 aromatic rings. The van der Waals surface area contributed by atoms with Crippen LogP contribution in [0, 0.1) is 6.92 Å². The molecule has 0 amide bonds. The van der Waals surface area contributed by atoms with E-state index in [4.69, 9.17) is 0 Å². The van der Waals surface area contributed by atoms with Gasteiger partial charge in [0.1, 0.15) is 0 Å². The number of hydrogen-bond donors (Lipinski definition) is 0. The van der Waals surface area contributed by atoms with E-state index < -0.39 is 0 Å². The number of thiophene rings is 1. The number of hydrogen-bond acceptors (Lipinski definition) is 1. The van der Waals surface area contributed by atoms with Crippen molar-refractivity contribution in [2.45, 2.75) is 6.92 Å². The van der Waals surface area contributed by atoms with E-state index in [1.807, 2.05) is 11.3 Å². The smallest absolute Gasteiger partial charge is 0.0541 e. The first-order valence-electron chi connectivity index (χ1n) is 11.3. The molecule has 0 atom stereocenters. The van der Waals surface area contributed by atoms with Crippen LogP contribution in [0.5, 0.6) is 0 Å². The summed E-state index contributed by atoms with van der Waals surface area (Å²) < 4.78 is 5.10. The summed E-state index contributed by atoms with van der Waals surface area (Å²) >= 11 is 1.88. The molecule has 0 saturated carbocycles. The van der Waals surface area contributed by atoms with Crippen LogP contribution in [0.4, 0.5) is 0 Å². The highest BCUT2D eigenvalue weighted by Crippen LogP contribution is 2.38. The van der Waals surface area contributed by atoms with Crippen molar-refractivity contribution in [1.82, 2.24) is 4.57 Å². The van der Waals surface area contributed by atoms with Crippen LogP contribution in [-0.2, 0) is 0 Å². The number of nitrogens with zero attached hydrogens (tertiary/aromatic N) is 1. The molecule has 0 unspecified atom stereocenters. The molecular formula is C31H21NS. The highest BCUT2D eigenvalue weighted by atomic mass is 32.1. The molecule has 0 aliphatic heterocycles. The van der Waals surface area contributed by atoms with Crippen molar-refractivity contribution in [3.8, 4) is 16.8 Å². The maximum absolute atomic E-state index is 2.41. The predicted octanol–water partition coefficient (Wildman–Crippen LogP) is 9.13. The molecule has 7 rings (SSSR count). The SMILES string of the molecule is Cc1ccc2c(c1)sc1cc(-n3c4ccccc4c4cc(-c5ccccc5)ccc43)ccc12. The molecule has 2 aromatic heterocycles. The van der Waals surface area contributed by atoms with Gasteiger partial charge < -0.3 is 4.57 Å². The van der Waals surface area contributed by atoms with Gasteiger partial charge in [-0.1, -0.05) is 72.8 Å². The zero-order valence-electron chi connectivity index (χ0n) is 18.2. The third-order valence-electron chi connectivity index (χ3n) is 6.65. The van der Waals surface area contributed by atoms with E-state index in [1.54, 1.807) is 0 Å². The van der Waals surface area contributed by atoms with Gasteiger partial charge in [0.25, 0.3) is 0 Å². The minimum Gasteiger partial charge on any atom is -0.309 e. The van der Waals surface area contributed by atoms with Crippen molar-refractivity contribution >= 4 is 53.3 Å². The maximum atomic E-state index is 2.41. The van der Waals surface area contributed by atoms with Crippen molar-refractivity contribution in [1.29, 1.82) is 0 Å². The number of rotatable bonds is 2. The van der Waals surface area contributed by atoms with E-state index in [0.29, 0.717) is 0 Å². The van der Waals surface area contributed by atoms with Crippen LogP contribution in [0.25, 0.3) is 58.8 Å². The van der Waals surface area contributed by atoms with Gasteiger partial charge in [0.2, 0.25) is 0 Å². The second-order valence-electron chi connectivity index (χ2n) is 8.73. The van der Waals surface area contributed by atoms with Gasteiger partial charge in [-0.3, -0.25) is 0 Å². The fraction of sp³-hybridized carbons (Fsp3) is 0.0323. The molecule has 0 bridgehead atoms. The quantitative estimate of drug-likeness (QED) is 0.253. The molecule has 0 saturated heterocycles. The lowest BCUT2D eigenvalue weighted by Gasteiger charge is -2.09. The first kappa shape index (κ1) is 18.7. The van der Waals surface area contributed by atoms with Crippen LogP contribution in [0.2, 0.25) is 0 Å². The van der Waals surface area contributed by atoms with Crippen LogP contribution in [0.3, 0.4) is 0 Å². The van der Waals surface area contributed by atoms with E-state index in [1.165, 1.54) is 64.4 Å². The largest absolute Gasteiger partial charge is 0.309 e. The van der Waals surface area contributed by atoms with Gasteiger partial charge >= 0.3 is 0 Å². The summed E-state index contributed by atoms with van der Waals surface area (Å²) in [6, 6.07) is 39.9. The lowest BCUT2D eigenvalue weighted by molar-refractivity contribution is 1.19. The maximum Gasteiger partial charge on any atom is 0.0541 e. The number of fused-ring (bicyclic) bond motifs is 6. The summed E-state index contributed by atoms with van der Waals surface area (Å²) in [6.45, 7) is 2.16. The molecule has 2 heteroatoms. The summed E-state index contributed by atoms with van der Waals surface area (Å²) in [5.41, 5.74) is 7.51. The lowest BCUT2D eigenvalue weighted by atomic mass is 10.0. The summed E-state index contributed by atoms with van der Waals surface area (Å²) in [5.74, 6) is 0. The van der Waals surface area contributed by atoms with Crippen molar-refractivity contribution in [3.63, 3.8) is 0 Å². The van der Waals surface area contributed by atoms with E-state index in [0.717, 1.165) is 0 Å². The lowest BCUT2D eigenvalue weighted by Crippen LogP contribution is -1.93. The Morgan fingerprint density at radius 1 is 0.515 bits per heavy atom. The Morgan fingerprint density at radius 3 is 2.12 bits per heavy atom. The summed E-state index contributed by atoms with van der Waals surface area (Å²) in [4.78, 5) is 0. The molecule has 2 heterocycles. The van der Waals surface area contributed by atoms with Crippen LogP contribution >= 0.6 is 11.3 Å². The van der Waals surface area contributed by atoms with Crippen molar-refractivity contribution in [3.05, 3.63) is 115 Å². The Bertz CT molecular complexity index is 1820. The summed E-state index contributed by atoms with van der Waals surface area (Å²) in [5, 5.41) is 5.27. The van der Waals surface area contributed by atoms with E-state index >= 15 is 0 Å². The first-order chi connectivity index (χ1) is 16.3. The Balaban J connectivity index is 1.50. The highest BCUT2D eigenvalue weighted by molar-refractivity contribution is 7.25. The molecule has 5 aromatic carbocycles. The minimum absolute atomic E-state index is 1.21. The first-order valence-corrected chi connectivity index (χ1v) is 12.1. The molecule has 0 N–H and O–H groups in total. The van der Waals surface area contributed by atoms with Gasteiger partial charge in [-0.25, -0.2) is 0 Å². The molecule has 33 heavy (non-hydrogen) atoms. The van der Waals surface area contributed by atoms with Crippen molar-refractivity contribution in [2.24, 2.45) is 0 Å². The predicted molar refractivity (Wildman–Crippen MR) is 144 cm³/mol. The normalized spacial score (nSPS) is 11.8. The molecule has 0 spiro atoms. The Kier molecular flexibility index (Phi) is 3.99. The standard InChI is InChI=1S/C31H21NS/c1-20-11-14-25-26-15-13-23(19-31(26)33-30(25)17-20)32-28-10-6-5-9-24(28)27-18-22(12-16-29(27)32)21-7-3-2-4-8-21/h2-19H,1H3. The van der Waals surface area contributed by atoms with Crippen molar-refractivity contribution < 1.29 is 0 Å². The number of para-hydroxylation sites is 1. The Labute approximate surface area is 196 Å². The average Bonchev–Trinajstić information content (AvgIpc) is 3.38. The van der Waals surface area contributed by atoms with Crippen LogP contribution < -0.4 is 0 Å². The summed E-state index contributed by atoms with van der Waals surface area (Å²) in [7, 11) is 0. The second-order valence-corrected chi connectivity index (χ2v) is 9.82. The van der Waals surface area contributed by atoms with E-state index in [2.05, 4.69) is 121 Å². The van der Waals surface area contributed by atoms with Gasteiger partial charge in [0, 0.05) is 36.6 Å². The third kappa shape index (κ3) is 2.84. The van der Waals surface area contributed by atoms with Gasteiger partial charge in [0.05, 0.1) is 11.0 Å². The monoisotopic (exact) mass is 439 g/mol. The van der Waals surface area contributed by atoms with E-state index in [9.17, 15) is 0 Å². The van der Waals surface area contributed by atoms with Gasteiger partial charge in [-0.2, -0.15) is 0 Å². The molecule has 156 valence electrons. The minimum atomic E-state index is 1.21. The zero-order valence-corrected chi connectivity index (χ0v) is 19.1. The average molecular weight is 440 g/mol. The fourth-order valence-electron chi connectivity index (χ4n) is 5.07. The summed E-state index contributed by atoms with van der Waals surface area (Å²) in [6.07, 6.45) is 0. The molecule has 0 aliphatic rings. The molecule has 0 fully saturated rings. The van der Waals surface area contributed by atoms with Crippen LogP contribution in [-0.4, -0.2) is 4.57 Å². The zero-order chi connectivity index (χ0) is 21.9. The van der Waals surface area contributed by atoms with Crippen LogP contribution in [0.15, 0.2) is 109 Å². The molecular weight excluding hydrogens is 418 g/mol.